The third-order valence-electron chi connectivity index (χ3n) is 4.21. The Bertz CT molecular complexity index is 243. The summed E-state index contributed by atoms with van der Waals surface area (Å²) in [6, 6.07) is 0. The Morgan fingerprint density at radius 3 is 1.62 bits per heavy atom. The van der Waals surface area contributed by atoms with Crippen LogP contribution in [0.5, 0.6) is 0 Å². The molecule has 0 amide bonds. The Balaban J connectivity index is 1.66. The van der Waals surface area contributed by atoms with Gasteiger partial charge >= 0.3 is 0 Å². The minimum absolute atomic E-state index is 1.05. The Hall–Kier alpha value is -0.770. The molecule has 21 heavy (non-hydrogen) atoms. The van der Waals surface area contributed by atoms with Crippen molar-refractivity contribution in [1.82, 2.24) is 16.1 Å². The van der Waals surface area contributed by atoms with Crippen LogP contribution in [-0.2, 0) is 0 Å². The summed E-state index contributed by atoms with van der Waals surface area (Å²) >= 11 is 0. The van der Waals surface area contributed by atoms with Gasteiger partial charge in [0.1, 0.15) is 6.34 Å². The van der Waals surface area contributed by atoms with E-state index in [0.717, 1.165) is 6.54 Å². The zero-order chi connectivity index (χ0) is 15.0. The molecule has 0 aromatic carbocycles. The van der Waals surface area contributed by atoms with Gasteiger partial charge in [0.15, 0.2) is 0 Å². The first-order chi connectivity index (χ1) is 10.4. The van der Waals surface area contributed by atoms with E-state index in [2.05, 4.69) is 23.1 Å². The minimum Gasteiger partial charge on any atom is -0.278 e. The van der Waals surface area contributed by atoms with Crippen molar-refractivity contribution in [1.29, 1.82) is 0 Å². The Kier molecular flexibility index (Phi) is 12.3. The van der Waals surface area contributed by atoms with Crippen molar-refractivity contribution >= 4 is 6.34 Å². The maximum absolute atomic E-state index is 3.89. The van der Waals surface area contributed by atoms with E-state index in [1.165, 1.54) is 89.9 Å². The zero-order valence-corrected chi connectivity index (χ0v) is 14.1. The van der Waals surface area contributed by atoms with E-state index < -0.39 is 0 Å². The maximum atomic E-state index is 3.89. The van der Waals surface area contributed by atoms with Gasteiger partial charge in [-0.25, -0.2) is 5.53 Å². The molecule has 0 aliphatic carbocycles. The molecule has 0 unspecified atom stereocenters. The average Bonchev–Trinajstić information content (AvgIpc) is 3.01. The predicted molar refractivity (Wildman–Crippen MR) is 91.8 cm³/mol. The van der Waals surface area contributed by atoms with Crippen LogP contribution in [0.3, 0.4) is 0 Å². The molecule has 0 radical (unpaired) electrons. The van der Waals surface area contributed by atoms with Crippen LogP contribution in [-0.4, -0.2) is 17.9 Å². The minimum atomic E-state index is 1.05. The predicted octanol–water partition coefficient (Wildman–Crippen LogP) is 4.74. The molecule has 0 spiro atoms. The fourth-order valence-electron chi connectivity index (χ4n) is 2.81. The monoisotopic (exact) mass is 296 g/mol. The molecule has 4 heteroatoms. The third kappa shape index (κ3) is 11.6. The van der Waals surface area contributed by atoms with Crippen molar-refractivity contribution in [2.45, 2.75) is 96.8 Å². The van der Waals surface area contributed by atoms with Crippen molar-refractivity contribution in [3.8, 4) is 0 Å². The molecule has 124 valence electrons. The lowest BCUT2D eigenvalue weighted by Crippen LogP contribution is -2.37. The van der Waals surface area contributed by atoms with Gasteiger partial charge in [-0.15, -0.1) is 5.53 Å². The number of rotatable bonds is 15. The van der Waals surface area contributed by atoms with Gasteiger partial charge < -0.3 is 0 Å². The summed E-state index contributed by atoms with van der Waals surface area (Å²) in [6.45, 7) is 3.34. The molecular formula is C17H36N4. The van der Waals surface area contributed by atoms with Gasteiger partial charge in [0.25, 0.3) is 0 Å². The highest BCUT2D eigenvalue weighted by Gasteiger charge is 2.02. The van der Waals surface area contributed by atoms with Gasteiger partial charge in [0, 0.05) is 6.54 Å². The lowest BCUT2D eigenvalue weighted by atomic mass is 10.0. The zero-order valence-electron chi connectivity index (χ0n) is 14.1. The van der Waals surface area contributed by atoms with Gasteiger partial charge in [-0.05, 0) is 6.42 Å². The number of hydrazone groups is 1. The summed E-state index contributed by atoms with van der Waals surface area (Å²) in [5.74, 6) is 0. The maximum Gasteiger partial charge on any atom is 0.128 e. The standard InChI is InChI=1S/C17H36N4/c1-2-3-4-5-6-7-8-9-10-11-12-13-14-15-16-21-17-18-19-20-21/h17,19-20H,2-16H2,1H3. The van der Waals surface area contributed by atoms with E-state index >= 15 is 0 Å². The highest BCUT2D eigenvalue weighted by molar-refractivity contribution is 5.54. The van der Waals surface area contributed by atoms with Gasteiger partial charge in [-0.3, -0.25) is 5.01 Å². The average molecular weight is 297 g/mol. The fraction of sp³-hybridized carbons (Fsp3) is 0.941. The number of hydrogen-bond acceptors (Lipinski definition) is 4. The summed E-state index contributed by atoms with van der Waals surface area (Å²) in [4.78, 5) is 0. The van der Waals surface area contributed by atoms with E-state index in [9.17, 15) is 0 Å². The lowest BCUT2D eigenvalue weighted by molar-refractivity contribution is 0.293. The van der Waals surface area contributed by atoms with E-state index in [1.54, 1.807) is 0 Å². The molecule has 0 atom stereocenters. The van der Waals surface area contributed by atoms with Crippen molar-refractivity contribution in [3.05, 3.63) is 0 Å². The van der Waals surface area contributed by atoms with Crippen LogP contribution in [0, 0.1) is 0 Å². The van der Waals surface area contributed by atoms with E-state index in [0.29, 0.717) is 0 Å². The molecular weight excluding hydrogens is 260 g/mol. The number of unbranched alkanes of at least 4 members (excludes halogenated alkanes) is 13. The molecule has 0 saturated heterocycles. The Morgan fingerprint density at radius 1 is 0.714 bits per heavy atom. The van der Waals surface area contributed by atoms with Crippen molar-refractivity contribution in [3.63, 3.8) is 0 Å². The topological polar surface area (TPSA) is 39.7 Å². The largest absolute Gasteiger partial charge is 0.278 e. The number of nitrogens with zero attached hydrogens (tertiary/aromatic N) is 2. The summed E-state index contributed by atoms with van der Waals surface area (Å²) < 4.78 is 0. The Morgan fingerprint density at radius 2 is 1.19 bits per heavy atom. The van der Waals surface area contributed by atoms with Crippen LogP contribution in [0.1, 0.15) is 96.8 Å². The van der Waals surface area contributed by atoms with Crippen LogP contribution in [0.4, 0.5) is 0 Å². The van der Waals surface area contributed by atoms with Crippen LogP contribution in [0.15, 0.2) is 5.10 Å². The normalized spacial score (nSPS) is 13.9. The SMILES string of the molecule is CCCCCCCCCCCCCCCCN1C=NNN1. The van der Waals surface area contributed by atoms with Crippen LogP contribution < -0.4 is 11.1 Å². The number of nitrogens with one attached hydrogen (secondary N) is 2. The van der Waals surface area contributed by atoms with Gasteiger partial charge in [-0.1, -0.05) is 90.4 Å². The second kappa shape index (κ2) is 14.2. The lowest BCUT2D eigenvalue weighted by Gasteiger charge is -2.12. The molecule has 1 aliphatic heterocycles. The first-order valence-corrected chi connectivity index (χ1v) is 9.24. The third-order valence-corrected chi connectivity index (χ3v) is 4.21. The highest BCUT2D eigenvalue weighted by Crippen LogP contribution is 2.12. The molecule has 0 saturated carbocycles. The highest BCUT2D eigenvalue weighted by atomic mass is 15.8. The first-order valence-electron chi connectivity index (χ1n) is 9.24. The van der Waals surface area contributed by atoms with Crippen molar-refractivity contribution in [2.75, 3.05) is 6.54 Å². The van der Waals surface area contributed by atoms with Crippen LogP contribution in [0.25, 0.3) is 0 Å². The smallest absolute Gasteiger partial charge is 0.128 e. The van der Waals surface area contributed by atoms with E-state index in [4.69, 9.17) is 0 Å². The number of hydrogen-bond donors (Lipinski definition) is 2. The van der Waals surface area contributed by atoms with Gasteiger partial charge in [0.05, 0.1) is 0 Å². The van der Waals surface area contributed by atoms with Gasteiger partial charge in [0.2, 0.25) is 0 Å². The Labute approximate surface area is 131 Å². The number of hydrazine groups is 2. The van der Waals surface area contributed by atoms with E-state index in [-0.39, 0.29) is 0 Å². The van der Waals surface area contributed by atoms with Crippen LogP contribution in [0.2, 0.25) is 0 Å². The first kappa shape index (κ1) is 18.3. The molecule has 4 nitrogen and oxygen atoms in total. The van der Waals surface area contributed by atoms with Crippen molar-refractivity contribution in [2.24, 2.45) is 5.10 Å². The van der Waals surface area contributed by atoms with E-state index in [1.807, 2.05) is 11.3 Å². The summed E-state index contributed by atoms with van der Waals surface area (Å²) in [5.41, 5.74) is 5.68. The molecule has 2 N–H and O–H groups in total. The molecule has 1 rings (SSSR count). The van der Waals surface area contributed by atoms with Crippen molar-refractivity contribution < 1.29 is 0 Å². The second-order valence-corrected chi connectivity index (χ2v) is 6.26. The molecule has 0 aromatic rings. The fourth-order valence-corrected chi connectivity index (χ4v) is 2.81. The molecule has 1 heterocycles. The summed E-state index contributed by atoms with van der Waals surface area (Å²) in [6.07, 6.45) is 21.6. The quantitative estimate of drug-likeness (QED) is 0.429. The molecule has 0 bridgehead atoms. The molecule has 1 aliphatic rings. The summed E-state index contributed by atoms with van der Waals surface area (Å²) in [5, 5.41) is 5.89. The summed E-state index contributed by atoms with van der Waals surface area (Å²) in [7, 11) is 0. The van der Waals surface area contributed by atoms with Crippen LogP contribution >= 0.6 is 0 Å². The molecule has 0 aromatic heterocycles. The van der Waals surface area contributed by atoms with Gasteiger partial charge in [-0.2, -0.15) is 5.10 Å². The molecule has 0 fully saturated rings. The second-order valence-electron chi connectivity index (χ2n) is 6.26.